The number of ketones is 1. The zero-order chi connectivity index (χ0) is 17.5. The zero-order valence-electron chi connectivity index (χ0n) is 13.6. The molecule has 0 saturated heterocycles. The normalized spacial score (nSPS) is 11.2. The van der Waals surface area contributed by atoms with Crippen LogP contribution in [-0.4, -0.2) is 18.8 Å². The Labute approximate surface area is 140 Å². The summed E-state index contributed by atoms with van der Waals surface area (Å²) in [7, 11) is 1.52. The van der Waals surface area contributed by atoms with Gasteiger partial charge in [0.15, 0.2) is 11.7 Å². The van der Waals surface area contributed by atoms with E-state index in [1.165, 1.54) is 19.2 Å². The third kappa shape index (κ3) is 3.99. The largest absolute Gasteiger partial charge is 0.497 e. The molecule has 122 valence electrons. The quantitative estimate of drug-likeness (QED) is 0.654. The maximum atomic E-state index is 12.4. The molecule has 0 spiro atoms. The fourth-order valence-corrected chi connectivity index (χ4v) is 2.20. The number of Topliss-reactive ketones (excluding diaryl/α,β-unsaturated/α-hetero) is 1. The van der Waals surface area contributed by atoms with Crippen molar-refractivity contribution in [3.8, 4) is 11.8 Å². The number of nitriles is 1. The van der Waals surface area contributed by atoms with Crippen LogP contribution >= 0.6 is 0 Å². The van der Waals surface area contributed by atoms with Gasteiger partial charge in [-0.15, -0.1) is 0 Å². The van der Waals surface area contributed by atoms with E-state index in [0.717, 1.165) is 12.0 Å². The second-order valence-corrected chi connectivity index (χ2v) is 5.19. The van der Waals surface area contributed by atoms with Gasteiger partial charge in [-0.1, -0.05) is 19.1 Å². The Morgan fingerprint density at radius 1 is 1.12 bits per heavy atom. The lowest BCUT2D eigenvalue weighted by atomic mass is 9.98. The molecule has 1 atom stereocenters. The first-order valence-electron chi connectivity index (χ1n) is 7.56. The van der Waals surface area contributed by atoms with Crippen molar-refractivity contribution in [2.75, 3.05) is 12.4 Å². The lowest BCUT2D eigenvalue weighted by molar-refractivity contribution is -0.117. The molecule has 0 unspecified atom stereocenters. The van der Waals surface area contributed by atoms with E-state index < -0.39 is 17.6 Å². The Kier molecular flexibility index (Phi) is 5.69. The second-order valence-electron chi connectivity index (χ2n) is 5.19. The first-order valence-corrected chi connectivity index (χ1v) is 7.56. The van der Waals surface area contributed by atoms with Crippen molar-refractivity contribution in [1.82, 2.24) is 0 Å². The van der Waals surface area contributed by atoms with E-state index in [1.807, 2.05) is 19.1 Å². The van der Waals surface area contributed by atoms with Crippen LogP contribution in [0.4, 0.5) is 5.69 Å². The Balaban J connectivity index is 2.12. The van der Waals surface area contributed by atoms with Gasteiger partial charge >= 0.3 is 0 Å². The summed E-state index contributed by atoms with van der Waals surface area (Å²) in [6.45, 7) is 2.03. The van der Waals surface area contributed by atoms with Crippen LogP contribution in [-0.2, 0) is 11.2 Å². The van der Waals surface area contributed by atoms with Crippen LogP contribution in [0.2, 0.25) is 0 Å². The number of nitrogens with zero attached hydrogens (tertiary/aromatic N) is 1. The summed E-state index contributed by atoms with van der Waals surface area (Å²) in [5.41, 5.74) is 1.98. The summed E-state index contributed by atoms with van der Waals surface area (Å²) in [5.74, 6) is -1.98. The summed E-state index contributed by atoms with van der Waals surface area (Å²) >= 11 is 0. The standard InChI is InChI=1S/C19H18N2O3/c1-3-13-4-8-15(9-5-13)21-19(23)17(12-20)18(22)14-6-10-16(24-2)11-7-14/h4-11,17H,3H2,1-2H3,(H,21,23)/t17-/m1/s1. The highest BCUT2D eigenvalue weighted by Crippen LogP contribution is 2.17. The van der Waals surface area contributed by atoms with Gasteiger partial charge in [0.2, 0.25) is 5.91 Å². The number of methoxy groups -OCH3 is 1. The van der Waals surface area contributed by atoms with E-state index in [2.05, 4.69) is 5.32 Å². The van der Waals surface area contributed by atoms with Gasteiger partial charge in [0.05, 0.1) is 13.2 Å². The molecule has 0 heterocycles. The molecule has 0 bridgehead atoms. The Morgan fingerprint density at radius 2 is 1.75 bits per heavy atom. The summed E-state index contributed by atoms with van der Waals surface area (Å²) in [4.78, 5) is 24.6. The fourth-order valence-electron chi connectivity index (χ4n) is 2.20. The van der Waals surface area contributed by atoms with Crippen LogP contribution in [0.1, 0.15) is 22.8 Å². The van der Waals surface area contributed by atoms with Gasteiger partial charge in [-0.2, -0.15) is 5.26 Å². The topological polar surface area (TPSA) is 79.2 Å². The molecule has 24 heavy (non-hydrogen) atoms. The van der Waals surface area contributed by atoms with Gasteiger partial charge in [-0.25, -0.2) is 0 Å². The minimum absolute atomic E-state index is 0.291. The molecular formula is C19H18N2O3. The van der Waals surface area contributed by atoms with Crippen LogP contribution in [0.3, 0.4) is 0 Å². The molecule has 0 aliphatic heterocycles. The maximum absolute atomic E-state index is 12.4. The number of carbonyl (C=O) groups is 2. The first kappa shape index (κ1) is 17.2. The molecule has 1 N–H and O–H groups in total. The smallest absolute Gasteiger partial charge is 0.249 e. The van der Waals surface area contributed by atoms with Crippen LogP contribution in [0.25, 0.3) is 0 Å². The van der Waals surface area contributed by atoms with E-state index in [4.69, 9.17) is 4.74 Å². The number of nitrogens with one attached hydrogen (secondary N) is 1. The van der Waals surface area contributed by atoms with E-state index >= 15 is 0 Å². The van der Waals surface area contributed by atoms with Crippen LogP contribution in [0, 0.1) is 17.2 Å². The fraction of sp³-hybridized carbons (Fsp3) is 0.211. The number of ether oxygens (including phenoxy) is 1. The van der Waals surface area contributed by atoms with Gasteiger partial charge in [-0.3, -0.25) is 9.59 Å². The van der Waals surface area contributed by atoms with Crippen molar-refractivity contribution in [2.24, 2.45) is 5.92 Å². The zero-order valence-corrected chi connectivity index (χ0v) is 13.6. The van der Waals surface area contributed by atoms with Crippen LogP contribution in [0.15, 0.2) is 48.5 Å². The lowest BCUT2D eigenvalue weighted by Gasteiger charge is -2.10. The predicted octanol–water partition coefficient (Wildman–Crippen LogP) is 3.22. The number of carbonyl (C=O) groups excluding carboxylic acids is 2. The summed E-state index contributed by atoms with van der Waals surface area (Å²) in [5, 5.41) is 11.8. The number of aryl methyl sites for hydroxylation is 1. The third-order valence-corrected chi connectivity index (χ3v) is 3.66. The van der Waals surface area contributed by atoms with Gasteiger partial charge in [0.25, 0.3) is 0 Å². The summed E-state index contributed by atoms with van der Waals surface area (Å²) in [6.07, 6.45) is 0.894. The highest BCUT2D eigenvalue weighted by atomic mass is 16.5. The SMILES string of the molecule is CCc1ccc(NC(=O)[C@H](C#N)C(=O)c2ccc(OC)cc2)cc1. The van der Waals surface area contributed by atoms with E-state index in [0.29, 0.717) is 17.0 Å². The monoisotopic (exact) mass is 322 g/mol. The molecule has 2 rings (SSSR count). The predicted molar refractivity (Wildman–Crippen MR) is 90.9 cm³/mol. The molecule has 0 saturated carbocycles. The second kappa shape index (κ2) is 7.93. The van der Waals surface area contributed by atoms with Crippen molar-refractivity contribution in [3.05, 3.63) is 59.7 Å². The molecule has 5 heteroatoms. The summed E-state index contributed by atoms with van der Waals surface area (Å²) in [6, 6.07) is 15.4. The average Bonchev–Trinajstić information content (AvgIpc) is 2.63. The lowest BCUT2D eigenvalue weighted by Crippen LogP contribution is -2.28. The van der Waals surface area contributed by atoms with Crippen LogP contribution in [0.5, 0.6) is 5.75 Å². The van der Waals surface area contributed by atoms with Crippen molar-refractivity contribution in [1.29, 1.82) is 5.26 Å². The highest BCUT2D eigenvalue weighted by molar-refractivity contribution is 6.15. The molecule has 2 aromatic carbocycles. The number of hydrogen-bond acceptors (Lipinski definition) is 4. The Bertz CT molecular complexity index is 759. The van der Waals surface area contributed by atoms with Gasteiger partial charge < -0.3 is 10.1 Å². The van der Waals surface area contributed by atoms with Crippen molar-refractivity contribution in [2.45, 2.75) is 13.3 Å². The van der Waals surface area contributed by atoms with E-state index in [-0.39, 0.29) is 0 Å². The average molecular weight is 322 g/mol. The van der Waals surface area contributed by atoms with Crippen molar-refractivity contribution in [3.63, 3.8) is 0 Å². The molecule has 1 amide bonds. The molecule has 0 aliphatic rings. The number of hydrogen-bond donors (Lipinski definition) is 1. The number of benzene rings is 2. The number of amides is 1. The Morgan fingerprint density at radius 3 is 2.25 bits per heavy atom. The van der Waals surface area contributed by atoms with E-state index in [1.54, 1.807) is 30.3 Å². The van der Waals surface area contributed by atoms with Crippen molar-refractivity contribution < 1.29 is 14.3 Å². The molecule has 5 nitrogen and oxygen atoms in total. The van der Waals surface area contributed by atoms with Crippen molar-refractivity contribution >= 4 is 17.4 Å². The minimum Gasteiger partial charge on any atom is -0.497 e. The molecule has 0 fully saturated rings. The maximum Gasteiger partial charge on any atom is 0.249 e. The first-order chi connectivity index (χ1) is 11.6. The molecular weight excluding hydrogens is 304 g/mol. The van der Waals surface area contributed by atoms with Gasteiger partial charge in [-0.05, 0) is 48.4 Å². The number of rotatable bonds is 6. The highest BCUT2D eigenvalue weighted by Gasteiger charge is 2.27. The minimum atomic E-state index is -1.40. The number of anilines is 1. The molecule has 0 radical (unpaired) electrons. The Hall–Kier alpha value is -3.13. The van der Waals surface area contributed by atoms with Gasteiger partial charge in [0.1, 0.15) is 5.75 Å². The van der Waals surface area contributed by atoms with E-state index in [9.17, 15) is 14.9 Å². The summed E-state index contributed by atoms with van der Waals surface area (Å²) < 4.78 is 5.03. The molecule has 0 aliphatic carbocycles. The van der Waals surface area contributed by atoms with Crippen LogP contribution < -0.4 is 10.1 Å². The molecule has 0 aromatic heterocycles. The third-order valence-electron chi connectivity index (χ3n) is 3.66. The molecule has 2 aromatic rings. The van der Waals surface area contributed by atoms with Gasteiger partial charge in [0, 0.05) is 11.3 Å².